The minimum absolute atomic E-state index is 0.0183. The number of halogens is 1. The summed E-state index contributed by atoms with van der Waals surface area (Å²) in [6.07, 6.45) is 3.25. The Morgan fingerprint density at radius 1 is 1.00 bits per heavy atom. The summed E-state index contributed by atoms with van der Waals surface area (Å²) in [6, 6.07) is 21.4. The lowest BCUT2D eigenvalue weighted by molar-refractivity contribution is 0.773. The Labute approximate surface area is 198 Å². The fourth-order valence-corrected chi connectivity index (χ4v) is 4.64. The minimum atomic E-state index is -0.212. The molecule has 0 bridgehead atoms. The molecule has 7 heteroatoms. The van der Waals surface area contributed by atoms with E-state index in [0.29, 0.717) is 11.3 Å². The van der Waals surface area contributed by atoms with Crippen LogP contribution in [0.15, 0.2) is 84.0 Å². The third-order valence-electron chi connectivity index (χ3n) is 5.51. The maximum absolute atomic E-state index is 13.8. The van der Waals surface area contributed by atoms with E-state index in [4.69, 9.17) is 0 Å². The van der Waals surface area contributed by atoms with Gasteiger partial charge in [0.2, 0.25) is 0 Å². The second-order valence-corrected chi connectivity index (χ2v) is 8.28. The summed E-state index contributed by atoms with van der Waals surface area (Å²) in [5, 5.41) is 5.15. The Kier molecular flexibility index (Phi) is 5.57. The van der Waals surface area contributed by atoms with Gasteiger partial charge in [-0.05, 0) is 48.2 Å². The van der Waals surface area contributed by atoms with Crippen molar-refractivity contribution in [3.05, 3.63) is 101 Å². The highest BCUT2D eigenvalue weighted by molar-refractivity contribution is 14.1. The molecule has 3 heterocycles. The number of para-hydroxylation sites is 1. The molecule has 32 heavy (non-hydrogen) atoms. The molecule has 0 radical (unpaired) electrons. The lowest BCUT2D eigenvalue weighted by atomic mass is 10.0. The van der Waals surface area contributed by atoms with E-state index in [0.717, 1.165) is 37.7 Å². The zero-order valence-corrected chi connectivity index (χ0v) is 19.5. The van der Waals surface area contributed by atoms with E-state index in [1.54, 1.807) is 10.8 Å². The van der Waals surface area contributed by atoms with Crippen LogP contribution in [0, 0.1) is 0 Å². The average Bonchev–Trinajstić information content (AvgIpc) is 2.84. The predicted octanol–water partition coefficient (Wildman–Crippen LogP) is 5.44. The number of rotatable bonds is 5. The SMILES string of the molecule is C[C@H](Nc1ncnc2cccnc12)c1cc2cccc(CI)c2c(=O)n1-c1ccccc1. The van der Waals surface area contributed by atoms with Crippen LogP contribution in [0.4, 0.5) is 5.82 Å². The Hall–Kier alpha value is -3.33. The molecular formula is C25H20IN5O. The summed E-state index contributed by atoms with van der Waals surface area (Å²) in [4.78, 5) is 26.9. The van der Waals surface area contributed by atoms with E-state index >= 15 is 0 Å². The first-order valence-electron chi connectivity index (χ1n) is 10.3. The first-order valence-corrected chi connectivity index (χ1v) is 11.8. The highest BCUT2D eigenvalue weighted by Gasteiger charge is 2.19. The number of aromatic nitrogens is 4. The molecular weight excluding hydrogens is 513 g/mol. The molecule has 0 aliphatic heterocycles. The predicted molar refractivity (Wildman–Crippen MR) is 137 cm³/mol. The van der Waals surface area contributed by atoms with Gasteiger partial charge in [0.25, 0.3) is 5.56 Å². The van der Waals surface area contributed by atoms with Crippen molar-refractivity contribution in [2.75, 3.05) is 5.32 Å². The quantitative estimate of drug-likeness (QED) is 0.241. The molecule has 5 rings (SSSR count). The van der Waals surface area contributed by atoms with Gasteiger partial charge in [0.05, 0.1) is 16.9 Å². The monoisotopic (exact) mass is 533 g/mol. The topological polar surface area (TPSA) is 72.7 Å². The highest BCUT2D eigenvalue weighted by atomic mass is 127. The van der Waals surface area contributed by atoms with E-state index < -0.39 is 0 Å². The average molecular weight is 533 g/mol. The summed E-state index contributed by atoms with van der Waals surface area (Å²) in [5.74, 6) is 0.635. The van der Waals surface area contributed by atoms with Crippen molar-refractivity contribution < 1.29 is 0 Å². The van der Waals surface area contributed by atoms with Gasteiger partial charge >= 0.3 is 0 Å². The standard InChI is InChI=1S/C25H20IN5O/c1-16(30-24-23-20(28-15-29-24)11-6-12-27-23)21-13-17-7-5-8-18(14-26)22(17)25(32)31(21)19-9-3-2-4-10-19/h2-13,15-16H,14H2,1H3,(H,28,29,30)/t16-/m0/s1. The number of nitrogens with zero attached hydrogens (tertiary/aromatic N) is 4. The van der Waals surface area contributed by atoms with E-state index in [-0.39, 0.29) is 11.6 Å². The van der Waals surface area contributed by atoms with Crippen LogP contribution in [0.1, 0.15) is 24.2 Å². The molecule has 158 valence electrons. The van der Waals surface area contributed by atoms with Crippen molar-refractivity contribution >= 4 is 50.2 Å². The molecule has 1 atom stereocenters. The Bertz CT molecular complexity index is 1480. The van der Waals surface area contributed by atoms with Gasteiger partial charge in [-0.2, -0.15) is 0 Å². The van der Waals surface area contributed by atoms with Crippen LogP contribution < -0.4 is 10.9 Å². The lowest BCUT2D eigenvalue weighted by Gasteiger charge is -2.22. The van der Waals surface area contributed by atoms with Gasteiger partial charge in [-0.25, -0.2) is 9.97 Å². The van der Waals surface area contributed by atoms with Gasteiger partial charge in [0, 0.05) is 22.0 Å². The van der Waals surface area contributed by atoms with Crippen molar-refractivity contribution in [1.82, 2.24) is 19.5 Å². The molecule has 0 spiro atoms. The maximum atomic E-state index is 13.8. The van der Waals surface area contributed by atoms with Gasteiger partial charge in [-0.3, -0.25) is 14.3 Å². The number of nitrogens with one attached hydrogen (secondary N) is 1. The number of hydrogen-bond donors (Lipinski definition) is 1. The molecule has 0 unspecified atom stereocenters. The van der Waals surface area contributed by atoms with E-state index in [1.807, 2.05) is 67.6 Å². The van der Waals surface area contributed by atoms with Crippen molar-refractivity contribution in [2.45, 2.75) is 17.4 Å². The molecule has 0 amide bonds. The van der Waals surface area contributed by atoms with Crippen molar-refractivity contribution in [2.24, 2.45) is 0 Å². The number of benzene rings is 2. The van der Waals surface area contributed by atoms with Gasteiger partial charge in [0.15, 0.2) is 5.82 Å². The van der Waals surface area contributed by atoms with Crippen LogP contribution in [0.25, 0.3) is 27.5 Å². The third-order valence-corrected chi connectivity index (χ3v) is 6.33. The summed E-state index contributed by atoms with van der Waals surface area (Å²) in [7, 11) is 0. The molecule has 0 saturated heterocycles. The number of pyridine rings is 2. The Morgan fingerprint density at radius 3 is 2.66 bits per heavy atom. The summed E-state index contributed by atoms with van der Waals surface area (Å²) >= 11 is 2.31. The van der Waals surface area contributed by atoms with Crippen LogP contribution in [0.2, 0.25) is 0 Å². The smallest absolute Gasteiger partial charge is 0.263 e. The largest absolute Gasteiger partial charge is 0.360 e. The fraction of sp³-hybridized carbons (Fsp3) is 0.120. The normalized spacial score (nSPS) is 12.2. The van der Waals surface area contributed by atoms with E-state index in [2.05, 4.69) is 48.9 Å². The van der Waals surface area contributed by atoms with Gasteiger partial charge in [-0.1, -0.05) is 59.0 Å². The first-order chi connectivity index (χ1) is 15.7. The van der Waals surface area contributed by atoms with Crippen molar-refractivity contribution in [3.8, 4) is 5.69 Å². The van der Waals surface area contributed by atoms with Gasteiger partial charge < -0.3 is 5.32 Å². The minimum Gasteiger partial charge on any atom is -0.360 e. The number of fused-ring (bicyclic) bond motifs is 2. The van der Waals surface area contributed by atoms with Crippen LogP contribution in [0.5, 0.6) is 0 Å². The zero-order valence-electron chi connectivity index (χ0n) is 17.4. The first kappa shape index (κ1) is 20.6. The maximum Gasteiger partial charge on any atom is 0.263 e. The summed E-state index contributed by atoms with van der Waals surface area (Å²) < 4.78 is 2.57. The summed E-state index contributed by atoms with van der Waals surface area (Å²) in [6.45, 7) is 2.03. The van der Waals surface area contributed by atoms with Gasteiger partial charge in [0.1, 0.15) is 11.8 Å². The molecule has 6 nitrogen and oxygen atoms in total. The van der Waals surface area contributed by atoms with Crippen LogP contribution in [-0.2, 0) is 4.43 Å². The van der Waals surface area contributed by atoms with Crippen LogP contribution in [0.3, 0.4) is 0 Å². The van der Waals surface area contributed by atoms with E-state index in [9.17, 15) is 4.79 Å². The fourth-order valence-electron chi connectivity index (χ4n) is 4.01. The molecule has 1 N–H and O–H groups in total. The van der Waals surface area contributed by atoms with Crippen LogP contribution in [-0.4, -0.2) is 19.5 Å². The third kappa shape index (κ3) is 3.62. The van der Waals surface area contributed by atoms with Crippen molar-refractivity contribution in [1.29, 1.82) is 0 Å². The Morgan fingerprint density at radius 2 is 1.84 bits per heavy atom. The molecule has 0 aliphatic carbocycles. The zero-order chi connectivity index (χ0) is 22.1. The van der Waals surface area contributed by atoms with Crippen LogP contribution >= 0.6 is 22.6 Å². The molecule has 3 aromatic heterocycles. The number of alkyl halides is 1. The van der Waals surface area contributed by atoms with Crippen molar-refractivity contribution in [3.63, 3.8) is 0 Å². The molecule has 5 aromatic rings. The molecule has 0 fully saturated rings. The highest BCUT2D eigenvalue weighted by Crippen LogP contribution is 2.27. The number of anilines is 1. The second kappa shape index (κ2) is 8.66. The second-order valence-electron chi connectivity index (χ2n) is 7.52. The Balaban J connectivity index is 1.71. The molecule has 2 aromatic carbocycles. The van der Waals surface area contributed by atoms with E-state index in [1.165, 1.54) is 6.33 Å². The summed E-state index contributed by atoms with van der Waals surface area (Å²) in [5.41, 5.74) is 4.16. The van der Waals surface area contributed by atoms with Gasteiger partial charge in [-0.15, -0.1) is 0 Å². The number of hydrogen-bond acceptors (Lipinski definition) is 5. The molecule has 0 saturated carbocycles. The lowest BCUT2D eigenvalue weighted by Crippen LogP contribution is -2.26. The molecule has 0 aliphatic rings.